The van der Waals surface area contributed by atoms with Gasteiger partial charge in [-0.05, 0) is 174 Å². The van der Waals surface area contributed by atoms with Crippen LogP contribution in [0.1, 0.15) is 175 Å². The lowest BCUT2D eigenvalue weighted by Gasteiger charge is -2.08. The summed E-state index contributed by atoms with van der Waals surface area (Å²) in [5, 5.41) is 4.21. The Hall–Kier alpha value is -5.80. The van der Waals surface area contributed by atoms with Crippen LogP contribution in [0.2, 0.25) is 0 Å². The van der Waals surface area contributed by atoms with Crippen molar-refractivity contribution in [2.45, 2.75) is 181 Å². The van der Waals surface area contributed by atoms with Crippen molar-refractivity contribution in [1.29, 1.82) is 0 Å². The van der Waals surface area contributed by atoms with Crippen LogP contribution in [0.4, 0.5) is 0 Å². The monoisotopic (exact) mass is 980 g/mol. The van der Waals surface area contributed by atoms with Gasteiger partial charge < -0.3 is 13.7 Å². The second kappa shape index (κ2) is 28.6. The van der Waals surface area contributed by atoms with Gasteiger partial charge in [-0.3, -0.25) is 0 Å². The SMILES string of the molecule is C=C(CCC1=CC(C)=C(C)C1)Cc1c(C)n(C)c2ccccc12.C=C(CCc1c(C)n(C)c2ccccc12)CC1=CC(C)=C(C)C1.CC.CC.CC.CC1=C(C)CC(CCCc2c(C)n(C)c3ccccc23)=C1. The van der Waals surface area contributed by atoms with Gasteiger partial charge in [0.1, 0.15) is 0 Å². The van der Waals surface area contributed by atoms with Crippen molar-refractivity contribution in [1.82, 2.24) is 13.7 Å². The van der Waals surface area contributed by atoms with Crippen molar-refractivity contribution in [3.8, 4) is 0 Å². The summed E-state index contributed by atoms with van der Waals surface area (Å²) in [6, 6.07) is 26.2. The van der Waals surface area contributed by atoms with Gasteiger partial charge in [0.05, 0.1) is 0 Å². The maximum atomic E-state index is 4.36. The normalized spacial score (nSPS) is 13.9. The highest BCUT2D eigenvalue weighted by Gasteiger charge is 2.17. The molecule has 6 aromatic rings. The maximum Gasteiger partial charge on any atom is 0.0482 e. The second-order valence-electron chi connectivity index (χ2n) is 20.5. The van der Waals surface area contributed by atoms with Gasteiger partial charge in [-0.15, -0.1) is 0 Å². The molecule has 0 radical (unpaired) electrons. The van der Waals surface area contributed by atoms with E-state index >= 15 is 0 Å². The van der Waals surface area contributed by atoms with Crippen LogP contribution < -0.4 is 0 Å². The Kier molecular flexibility index (Phi) is 23.4. The number of hydrogen-bond donors (Lipinski definition) is 0. The number of allylic oxidation sites excluding steroid dienone is 14. The van der Waals surface area contributed by atoms with E-state index in [4.69, 9.17) is 0 Å². The molecular formula is C70H97N3. The first kappa shape index (κ1) is 59.8. The summed E-state index contributed by atoms with van der Waals surface area (Å²) in [5.41, 5.74) is 29.0. The first-order valence-corrected chi connectivity index (χ1v) is 28.0. The summed E-state index contributed by atoms with van der Waals surface area (Å²) >= 11 is 0. The predicted molar refractivity (Wildman–Crippen MR) is 327 cm³/mol. The number of nitrogens with zero attached hydrogens (tertiary/aromatic N) is 3. The Labute approximate surface area is 445 Å². The Morgan fingerprint density at radius 3 is 1.14 bits per heavy atom. The van der Waals surface area contributed by atoms with Gasteiger partial charge >= 0.3 is 0 Å². The Morgan fingerprint density at radius 2 is 0.726 bits per heavy atom. The summed E-state index contributed by atoms with van der Waals surface area (Å²) in [6.07, 6.45) is 20.7. The molecule has 3 aliphatic rings. The van der Waals surface area contributed by atoms with Crippen LogP contribution in [0.3, 0.4) is 0 Å². The highest BCUT2D eigenvalue weighted by Crippen LogP contribution is 2.34. The van der Waals surface area contributed by atoms with E-state index in [0.717, 1.165) is 51.4 Å². The molecule has 0 aliphatic heterocycles. The molecule has 3 heterocycles. The lowest BCUT2D eigenvalue weighted by Crippen LogP contribution is -1.95. The number of rotatable bonds is 14. The molecule has 0 saturated heterocycles. The van der Waals surface area contributed by atoms with Crippen LogP contribution in [0.15, 0.2) is 165 Å². The Bertz CT molecular complexity index is 3050. The molecule has 0 bridgehead atoms. The third kappa shape index (κ3) is 14.9. The molecular weight excluding hydrogens is 883 g/mol. The van der Waals surface area contributed by atoms with Gasteiger partial charge in [-0.1, -0.05) is 189 Å². The second-order valence-corrected chi connectivity index (χ2v) is 20.5. The van der Waals surface area contributed by atoms with Crippen molar-refractivity contribution in [2.24, 2.45) is 21.1 Å². The number of hydrogen-bond acceptors (Lipinski definition) is 0. The highest BCUT2D eigenvalue weighted by molar-refractivity contribution is 5.87. The van der Waals surface area contributed by atoms with E-state index in [2.05, 4.69) is 201 Å². The number of aromatic nitrogens is 3. The number of aryl methyl sites for hydroxylation is 5. The number of fused-ring (bicyclic) bond motifs is 3. The van der Waals surface area contributed by atoms with Crippen LogP contribution in [0, 0.1) is 20.8 Å². The van der Waals surface area contributed by atoms with Gasteiger partial charge in [-0.2, -0.15) is 0 Å². The summed E-state index contributed by atoms with van der Waals surface area (Å²) < 4.78 is 6.94. The lowest BCUT2D eigenvalue weighted by molar-refractivity contribution is 0.787. The standard InChI is InChI=1S/2C22H27N.C20H25N.3C2H6/c1-15(12-19-13-16(2)17(3)14-19)10-11-20-18(4)23(5)22-9-7-6-8-21(20)22;1-15(10-11-19-13-16(2)17(3)14-19)12-21-18(4)23(5)22-9-7-6-8-20(21)22;1-14-12-17(13-15(14)2)8-7-10-18-16(3)21(4)20-11-6-5-9-19(18)20;3*1-2/h2*6-9,13H,1,10-12,14H2,2-5H3;5-6,9,11-12H,7-8,10,13H2,1-4H3;3*1-2H3. The molecule has 3 aliphatic carbocycles. The average molecular weight is 981 g/mol. The Morgan fingerprint density at radius 1 is 0.397 bits per heavy atom. The first-order valence-electron chi connectivity index (χ1n) is 28.0. The molecule has 0 unspecified atom stereocenters. The van der Waals surface area contributed by atoms with Crippen LogP contribution in [0.25, 0.3) is 32.7 Å². The van der Waals surface area contributed by atoms with Gasteiger partial charge in [0.2, 0.25) is 0 Å². The zero-order valence-electron chi connectivity index (χ0n) is 49.4. The average Bonchev–Trinajstić information content (AvgIpc) is 4.19. The van der Waals surface area contributed by atoms with Crippen molar-refractivity contribution < 1.29 is 0 Å². The van der Waals surface area contributed by atoms with E-state index < -0.39 is 0 Å². The molecule has 0 N–H and O–H groups in total. The Balaban J connectivity index is 0.000000226. The largest absolute Gasteiger partial charge is 0.348 e. The van der Waals surface area contributed by atoms with Crippen molar-refractivity contribution >= 4 is 32.7 Å². The summed E-state index contributed by atoms with van der Waals surface area (Å²) in [6.45, 7) is 40.8. The van der Waals surface area contributed by atoms with E-state index in [-0.39, 0.29) is 0 Å². The van der Waals surface area contributed by atoms with Crippen LogP contribution >= 0.6 is 0 Å². The van der Waals surface area contributed by atoms with Gasteiger partial charge in [0.25, 0.3) is 0 Å². The smallest absolute Gasteiger partial charge is 0.0482 e. The minimum Gasteiger partial charge on any atom is -0.348 e. The summed E-state index contributed by atoms with van der Waals surface area (Å²) in [7, 11) is 6.50. The van der Waals surface area contributed by atoms with Crippen LogP contribution in [0.5, 0.6) is 0 Å². The topological polar surface area (TPSA) is 14.8 Å². The molecule has 9 rings (SSSR count). The first-order chi connectivity index (χ1) is 35.0. The predicted octanol–water partition coefficient (Wildman–Crippen LogP) is 20.6. The van der Waals surface area contributed by atoms with Crippen molar-refractivity contribution in [2.75, 3.05) is 0 Å². The third-order valence-electron chi connectivity index (χ3n) is 15.7. The highest BCUT2D eigenvalue weighted by atomic mass is 15.0. The molecule has 0 fully saturated rings. The fourth-order valence-electron chi connectivity index (χ4n) is 10.8. The lowest BCUT2D eigenvalue weighted by atomic mass is 9.97. The zero-order chi connectivity index (χ0) is 54.1. The van der Waals surface area contributed by atoms with Gasteiger partial charge in [0.15, 0.2) is 0 Å². The fraction of sp³-hybridized carbons (Fsp3) is 0.429. The molecule has 0 atom stereocenters. The van der Waals surface area contributed by atoms with Crippen LogP contribution in [-0.2, 0) is 40.4 Å². The van der Waals surface area contributed by atoms with E-state index in [1.807, 2.05) is 41.5 Å². The molecule has 392 valence electrons. The van der Waals surface area contributed by atoms with Gasteiger partial charge in [0, 0.05) is 70.9 Å². The van der Waals surface area contributed by atoms with E-state index in [9.17, 15) is 0 Å². The van der Waals surface area contributed by atoms with Gasteiger partial charge in [-0.25, -0.2) is 0 Å². The van der Waals surface area contributed by atoms with E-state index in [1.165, 1.54) is 137 Å². The molecule has 3 aromatic carbocycles. The minimum absolute atomic E-state index is 0.992. The zero-order valence-corrected chi connectivity index (χ0v) is 49.4. The van der Waals surface area contributed by atoms with Crippen LogP contribution in [-0.4, -0.2) is 13.7 Å². The molecule has 3 aromatic heterocycles. The van der Waals surface area contributed by atoms with Crippen molar-refractivity contribution in [3.05, 3.63) is 199 Å². The fourth-order valence-corrected chi connectivity index (χ4v) is 10.8. The minimum atomic E-state index is 0.992. The summed E-state index contributed by atoms with van der Waals surface area (Å²) in [4.78, 5) is 0. The van der Waals surface area contributed by atoms with E-state index in [0.29, 0.717) is 0 Å². The van der Waals surface area contributed by atoms with E-state index in [1.54, 1.807) is 16.7 Å². The molecule has 0 amide bonds. The molecule has 0 saturated carbocycles. The molecule has 0 spiro atoms. The molecule has 73 heavy (non-hydrogen) atoms. The number of para-hydroxylation sites is 3. The maximum absolute atomic E-state index is 4.36. The quantitative estimate of drug-likeness (QED) is 0.0966. The molecule has 3 heteroatoms. The molecule has 3 nitrogen and oxygen atoms in total. The van der Waals surface area contributed by atoms with Crippen molar-refractivity contribution in [3.63, 3.8) is 0 Å². The summed E-state index contributed by atoms with van der Waals surface area (Å²) in [5.74, 6) is 0. The number of benzene rings is 3. The third-order valence-corrected chi connectivity index (χ3v) is 15.7.